The second kappa shape index (κ2) is 5.15. The molecule has 1 rings (SSSR count). The second-order valence-corrected chi connectivity index (χ2v) is 3.38. The molecule has 0 fully saturated rings. The highest BCUT2D eigenvalue weighted by molar-refractivity contribution is 5.96. The topological polar surface area (TPSA) is 108 Å². The molecule has 7 nitrogen and oxygen atoms in total. The molecule has 0 bridgehead atoms. The van der Waals surface area contributed by atoms with Crippen LogP contribution in [0.15, 0.2) is 16.7 Å². The van der Waals surface area contributed by atoms with Gasteiger partial charge in [-0.1, -0.05) is 0 Å². The molecule has 0 atom stereocenters. The maximum Gasteiger partial charge on any atom is 0.323 e. The van der Waals surface area contributed by atoms with Crippen LogP contribution in [0.2, 0.25) is 0 Å². The number of aryl methyl sites for hydroxylation is 1. The van der Waals surface area contributed by atoms with Gasteiger partial charge in [-0.25, -0.2) is 0 Å². The maximum atomic E-state index is 11.8. The Hall–Kier alpha value is -2.31. The minimum Gasteiger partial charge on any atom is -0.480 e. The van der Waals surface area contributed by atoms with E-state index in [4.69, 9.17) is 14.6 Å². The van der Waals surface area contributed by atoms with Gasteiger partial charge in [-0.15, -0.1) is 0 Å². The van der Waals surface area contributed by atoms with Gasteiger partial charge in [0.2, 0.25) is 0 Å². The molecule has 1 aromatic rings. The highest BCUT2D eigenvalue weighted by Gasteiger charge is 2.24. The molecule has 1 heterocycles. The highest BCUT2D eigenvalue weighted by atomic mass is 16.4. The number of carboxylic acid groups (broad SMARTS) is 2. The van der Waals surface area contributed by atoms with Crippen molar-refractivity contribution >= 4 is 17.8 Å². The van der Waals surface area contributed by atoms with Crippen LogP contribution in [0.25, 0.3) is 0 Å². The summed E-state index contributed by atoms with van der Waals surface area (Å²) >= 11 is 0. The second-order valence-electron chi connectivity index (χ2n) is 3.38. The predicted octanol–water partition coefficient (Wildman–Crippen LogP) is 0.199. The van der Waals surface area contributed by atoms with Crippen LogP contribution < -0.4 is 0 Å². The number of furan rings is 1. The Morgan fingerprint density at radius 2 is 1.76 bits per heavy atom. The van der Waals surface area contributed by atoms with Crippen molar-refractivity contribution in [3.63, 3.8) is 0 Å². The number of carboxylic acids is 2. The molecule has 0 radical (unpaired) electrons. The first kappa shape index (κ1) is 12.8. The zero-order valence-electron chi connectivity index (χ0n) is 9.04. The smallest absolute Gasteiger partial charge is 0.323 e. The van der Waals surface area contributed by atoms with Gasteiger partial charge < -0.3 is 19.5 Å². The van der Waals surface area contributed by atoms with Gasteiger partial charge in [-0.05, 0) is 13.0 Å². The fraction of sp³-hybridized carbons (Fsp3) is 0.300. The van der Waals surface area contributed by atoms with Crippen molar-refractivity contribution in [2.45, 2.75) is 6.92 Å². The van der Waals surface area contributed by atoms with E-state index in [9.17, 15) is 14.4 Å². The summed E-state index contributed by atoms with van der Waals surface area (Å²) in [6.07, 6.45) is 1.28. The minimum absolute atomic E-state index is 0.0486. The van der Waals surface area contributed by atoms with E-state index in [2.05, 4.69) is 0 Å². The molecule has 7 heteroatoms. The van der Waals surface area contributed by atoms with Gasteiger partial charge >= 0.3 is 11.9 Å². The number of carbonyl (C=O) groups is 3. The summed E-state index contributed by atoms with van der Waals surface area (Å²) in [6.45, 7) is 0.229. The summed E-state index contributed by atoms with van der Waals surface area (Å²) in [7, 11) is 0. The van der Waals surface area contributed by atoms with Gasteiger partial charge in [0.25, 0.3) is 5.91 Å². The van der Waals surface area contributed by atoms with Crippen molar-refractivity contribution in [1.29, 1.82) is 0 Å². The number of hydrogen-bond donors (Lipinski definition) is 2. The fourth-order valence-electron chi connectivity index (χ4n) is 1.26. The average molecular weight is 241 g/mol. The molecule has 1 amide bonds. The van der Waals surface area contributed by atoms with Gasteiger partial charge in [0.15, 0.2) is 5.76 Å². The van der Waals surface area contributed by atoms with E-state index in [-0.39, 0.29) is 5.76 Å². The lowest BCUT2D eigenvalue weighted by molar-refractivity contribution is -0.140. The van der Waals surface area contributed by atoms with Crippen LogP contribution in [-0.2, 0) is 9.59 Å². The Labute approximate surface area is 96.2 Å². The lowest BCUT2D eigenvalue weighted by Crippen LogP contribution is -2.39. The first-order chi connectivity index (χ1) is 7.91. The Kier molecular flexibility index (Phi) is 3.86. The summed E-state index contributed by atoms with van der Waals surface area (Å²) in [5.41, 5.74) is 0.524. The Bertz CT molecular complexity index is 433. The zero-order valence-corrected chi connectivity index (χ0v) is 9.04. The molecule has 0 aromatic carbocycles. The van der Waals surface area contributed by atoms with Crippen molar-refractivity contribution < 1.29 is 29.0 Å². The maximum absolute atomic E-state index is 11.8. The first-order valence-corrected chi connectivity index (χ1v) is 4.68. The van der Waals surface area contributed by atoms with Crippen molar-refractivity contribution in [1.82, 2.24) is 4.90 Å². The number of nitrogens with zero attached hydrogens (tertiary/aromatic N) is 1. The van der Waals surface area contributed by atoms with Crippen molar-refractivity contribution in [3.05, 3.63) is 23.7 Å². The van der Waals surface area contributed by atoms with Gasteiger partial charge in [0.05, 0.1) is 6.26 Å². The Morgan fingerprint density at radius 3 is 2.12 bits per heavy atom. The lowest BCUT2D eigenvalue weighted by atomic mass is 10.2. The summed E-state index contributed by atoms with van der Waals surface area (Å²) in [5, 5.41) is 17.2. The zero-order chi connectivity index (χ0) is 13.0. The number of amides is 1. The summed E-state index contributed by atoms with van der Waals surface area (Å²) in [6, 6.07) is 1.53. The molecule has 92 valence electrons. The van der Waals surface area contributed by atoms with Crippen LogP contribution in [0.1, 0.15) is 16.1 Å². The third kappa shape index (κ3) is 3.33. The summed E-state index contributed by atoms with van der Waals surface area (Å²) in [5.74, 6) is -3.38. The summed E-state index contributed by atoms with van der Waals surface area (Å²) < 4.78 is 4.89. The van der Waals surface area contributed by atoms with Crippen LogP contribution >= 0.6 is 0 Å². The van der Waals surface area contributed by atoms with Crippen LogP contribution in [-0.4, -0.2) is 46.0 Å². The van der Waals surface area contributed by atoms with Crippen molar-refractivity contribution in [2.75, 3.05) is 13.1 Å². The molecule has 0 unspecified atom stereocenters. The molecule has 0 aliphatic rings. The van der Waals surface area contributed by atoms with E-state index in [1.807, 2.05) is 0 Å². The predicted molar refractivity (Wildman–Crippen MR) is 54.6 cm³/mol. The standard InChI is InChI=1S/C10H11NO6/c1-6-2-3-17-9(6)10(16)11(4-7(12)13)5-8(14)15/h2-3H,4-5H2,1H3,(H,12,13)(H,14,15). The molecule has 17 heavy (non-hydrogen) atoms. The third-order valence-electron chi connectivity index (χ3n) is 2.00. The van der Waals surface area contributed by atoms with Gasteiger partial charge in [-0.3, -0.25) is 14.4 Å². The monoisotopic (exact) mass is 241 g/mol. The molecule has 0 aliphatic heterocycles. The minimum atomic E-state index is -1.29. The van der Waals surface area contributed by atoms with Crippen molar-refractivity contribution in [2.24, 2.45) is 0 Å². The SMILES string of the molecule is Cc1ccoc1C(=O)N(CC(=O)O)CC(=O)O. The molecular weight excluding hydrogens is 230 g/mol. The average Bonchev–Trinajstić information content (AvgIpc) is 2.61. The molecular formula is C10H11NO6. The normalized spacial score (nSPS) is 9.94. The van der Waals surface area contributed by atoms with Crippen LogP contribution in [0.4, 0.5) is 0 Å². The van der Waals surface area contributed by atoms with E-state index in [0.717, 1.165) is 0 Å². The quantitative estimate of drug-likeness (QED) is 0.762. The fourth-order valence-corrected chi connectivity index (χ4v) is 1.26. The lowest BCUT2D eigenvalue weighted by Gasteiger charge is -2.17. The van der Waals surface area contributed by atoms with E-state index >= 15 is 0 Å². The van der Waals surface area contributed by atoms with Crippen LogP contribution in [0.3, 0.4) is 0 Å². The number of rotatable bonds is 5. The first-order valence-electron chi connectivity index (χ1n) is 4.68. The van der Waals surface area contributed by atoms with E-state index in [1.54, 1.807) is 6.92 Å². The Balaban J connectivity index is 2.90. The number of aliphatic carboxylic acids is 2. The molecule has 1 aromatic heterocycles. The van der Waals surface area contributed by atoms with E-state index < -0.39 is 30.9 Å². The van der Waals surface area contributed by atoms with Gasteiger partial charge in [0.1, 0.15) is 13.1 Å². The van der Waals surface area contributed by atoms with E-state index in [0.29, 0.717) is 10.5 Å². The highest BCUT2D eigenvalue weighted by Crippen LogP contribution is 2.11. The summed E-state index contributed by atoms with van der Waals surface area (Å²) in [4.78, 5) is 33.6. The molecule has 0 spiro atoms. The third-order valence-corrected chi connectivity index (χ3v) is 2.00. The molecule has 2 N–H and O–H groups in total. The van der Waals surface area contributed by atoms with Gasteiger partial charge in [0, 0.05) is 5.56 Å². The van der Waals surface area contributed by atoms with E-state index in [1.165, 1.54) is 12.3 Å². The molecule has 0 aliphatic carbocycles. The number of carbonyl (C=O) groups excluding carboxylic acids is 1. The Morgan fingerprint density at radius 1 is 1.24 bits per heavy atom. The van der Waals surface area contributed by atoms with Crippen LogP contribution in [0.5, 0.6) is 0 Å². The number of hydrogen-bond acceptors (Lipinski definition) is 4. The molecule has 0 saturated carbocycles. The van der Waals surface area contributed by atoms with Crippen molar-refractivity contribution in [3.8, 4) is 0 Å². The van der Waals surface area contributed by atoms with Crippen LogP contribution in [0, 0.1) is 6.92 Å². The van der Waals surface area contributed by atoms with Gasteiger partial charge in [-0.2, -0.15) is 0 Å². The largest absolute Gasteiger partial charge is 0.480 e. The molecule has 0 saturated heterocycles.